The number of aromatic nitrogens is 1. The minimum absolute atomic E-state index is 0.0866. The lowest BCUT2D eigenvalue weighted by Gasteiger charge is -2.38. The maximum absolute atomic E-state index is 12.1. The normalized spacial score (nSPS) is 25.6. The van der Waals surface area contributed by atoms with E-state index in [2.05, 4.69) is 16.0 Å². The van der Waals surface area contributed by atoms with Gasteiger partial charge in [-0.1, -0.05) is 6.07 Å². The van der Waals surface area contributed by atoms with Crippen molar-refractivity contribution in [2.24, 2.45) is 5.92 Å². The van der Waals surface area contributed by atoms with Gasteiger partial charge in [-0.3, -0.25) is 9.88 Å². The van der Waals surface area contributed by atoms with Gasteiger partial charge in [0, 0.05) is 65.1 Å². The van der Waals surface area contributed by atoms with Crippen molar-refractivity contribution in [1.29, 1.82) is 0 Å². The quantitative estimate of drug-likeness (QED) is 0.824. The lowest BCUT2D eigenvalue weighted by Crippen LogP contribution is -2.51. The fourth-order valence-corrected chi connectivity index (χ4v) is 3.47. The average molecular weight is 318 g/mol. The molecule has 126 valence electrons. The van der Waals surface area contributed by atoms with Gasteiger partial charge in [-0.25, -0.2) is 4.79 Å². The fourth-order valence-electron chi connectivity index (χ4n) is 3.47. The molecule has 6 nitrogen and oxygen atoms in total. The highest BCUT2D eigenvalue weighted by atomic mass is 16.5. The molecule has 2 saturated heterocycles. The SMILES string of the molecule is CN(C)C(=O)N1CC[C@@H]2CN(Cc3cccnc3)CCO[C@@H]2C1. The predicted octanol–water partition coefficient (Wildman–Crippen LogP) is 1.29. The molecule has 3 heterocycles. The third-order valence-electron chi connectivity index (χ3n) is 4.71. The second-order valence-corrected chi connectivity index (χ2v) is 6.68. The average Bonchev–Trinajstić information content (AvgIpc) is 2.76. The van der Waals surface area contributed by atoms with Crippen LogP contribution in [0.3, 0.4) is 0 Å². The van der Waals surface area contributed by atoms with Gasteiger partial charge in [-0.2, -0.15) is 0 Å². The Morgan fingerprint density at radius 1 is 1.39 bits per heavy atom. The highest BCUT2D eigenvalue weighted by molar-refractivity contribution is 5.73. The molecule has 0 unspecified atom stereocenters. The molecule has 2 aliphatic heterocycles. The summed E-state index contributed by atoms with van der Waals surface area (Å²) >= 11 is 0. The summed E-state index contributed by atoms with van der Waals surface area (Å²) in [6.07, 6.45) is 4.91. The number of hydrogen-bond acceptors (Lipinski definition) is 4. The molecule has 0 bridgehead atoms. The van der Waals surface area contributed by atoms with Gasteiger partial charge in [-0.05, 0) is 18.1 Å². The number of pyridine rings is 1. The van der Waals surface area contributed by atoms with Crippen LogP contribution >= 0.6 is 0 Å². The van der Waals surface area contributed by atoms with Gasteiger partial charge >= 0.3 is 6.03 Å². The van der Waals surface area contributed by atoms with Crippen LogP contribution < -0.4 is 0 Å². The minimum atomic E-state index is 0.0866. The fraction of sp³-hybridized carbons (Fsp3) is 0.647. The first-order valence-corrected chi connectivity index (χ1v) is 8.32. The van der Waals surface area contributed by atoms with Crippen molar-refractivity contribution in [1.82, 2.24) is 19.7 Å². The molecule has 0 N–H and O–H groups in total. The lowest BCUT2D eigenvalue weighted by molar-refractivity contribution is -0.0137. The molecule has 1 aromatic heterocycles. The Hall–Kier alpha value is -1.66. The summed E-state index contributed by atoms with van der Waals surface area (Å²) in [5, 5.41) is 0. The van der Waals surface area contributed by atoms with Crippen LogP contribution in [0.25, 0.3) is 0 Å². The molecule has 0 saturated carbocycles. The number of fused-ring (bicyclic) bond motifs is 1. The zero-order chi connectivity index (χ0) is 16.2. The molecule has 2 aliphatic rings. The molecule has 6 heteroatoms. The number of nitrogens with zero attached hydrogens (tertiary/aromatic N) is 4. The van der Waals surface area contributed by atoms with E-state index in [1.165, 1.54) is 5.56 Å². The zero-order valence-corrected chi connectivity index (χ0v) is 14.0. The number of carbonyl (C=O) groups is 1. The third-order valence-corrected chi connectivity index (χ3v) is 4.71. The van der Waals surface area contributed by atoms with Gasteiger partial charge in [0.15, 0.2) is 0 Å². The van der Waals surface area contributed by atoms with E-state index >= 15 is 0 Å². The van der Waals surface area contributed by atoms with Crippen molar-refractivity contribution < 1.29 is 9.53 Å². The summed E-state index contributed by atoms with van der Waals surface area (Å²) in [5.41, 5.74) is 1.24. The molecule has 0 radical (unpaired) electrons. The molecule has 2 fully saturated rings. The van der Waals surface area contributed by atoms with E-state index in [9.17, 15) is 4.79 Å². The van der Waals surface area contributed by atoms with Crippen molar-refractivity contribution in [3.63, 3.8) is 0 Å². The Bertz CT molecular complexity index is 523. The first-order valence-electron chi connectivity index (χ1n) is 8.32. The highest BCUT2D eigenvalue weighted by Crippen LogP contribution is 2.25. The molecular formula is C17H26N4O2. The highest BCUT2D eigenvalue weighted by Gasteiger charge is 2.35. The van der Waals surface area contributed by atoms with Crippen LogP contribution in [-0.2, 0) is 11.3 Å². The first-order chi connectivity index (χ1) is 11.1. The number of carbonyl (C=O) groups excluding carboxylic acids is 1. The van der Waals surface area contributed by atoms with Crippen LogP contribution in [0.2, 0.25) is 0 Å². The Morgan fingerprint density at radius 3 is 3.00 bits per heavy atom. The van der Waals surface area contributed by atoms with Crippen LogP contribution in [0.5, 0.6) is 0 Å². The van der Waals surface area contributed by atoms with Gasteiger partial charge < -0.3 is 14.5 Å². The summed E-state index contributed by atoms with van der Waals surface area (Å²) in [6.45, 7) is 5.14. The Labute approximate surface area is 138 Å². The Morgan fingerprint density at radius 2 is 2.26 bits per heavy atom. The largest absolute Gasteiger partial charge is 0.375 e. The van der Waals surface area contributed by atoms with Crippen molar-refractivity contribution in [2.45, 2.75) is 19.1 Å². The summed E-state index contributed by atoms with van der Waals surface area (Å²) in [7, 11) is 3.61. The molecule has 2 atom stereocenters. The van der Waals surface area contributed by atoms with Gasteiger partial charge in [0.25, 0.3) is 0 Å². The maximum Gasteiger partial charge on any atom is 0.319 e. The topological polar surface area (TPSA) is 48.9 Å². The van der Waals surface area contributed by atoms with E-state index in [-0.39, 0.29) is 12.1 Å². The van der Waals surface area contributed by atoms with Gasteiger partial charge in [0.2, 0.25) is 0 Å². The molecule has 1 aromatic rings. The smallest absolute Gasteiger partial charge is 0.319 e. The maximum atomic E-state index is 12.1. The van der Waals surface area contributed by atoms with E-state index in [0.717, 1.165) is 39.2 Å². The predicted molar refractivity (Wildman–Crippen MR) is 88.0 cm³/mol. The number of urea groups is 1. The molecule has 3 rings (SSSR count). The van der Waals surface area contributed by atoms with Crippen molar-refractivity contribution >= 4 is 6.03 Å². The van der Waals surface area contributed by atoms with Crippen LogP contribution in [0.15, 0.2) is 24.5 Å². The third kappa shape index (κ3) is 4.00. The minimum Gasteiger partial charge on any atom is -0.375 e. The summed E-state index contributed by atoms with van der Waals surface area (Å²) in [6, 6.07) is 4.19. The van der Waals surface area contributed by atoms with Crippen LogP contribution in [-0.4, -0.2) is 78.7 Å². The number of piperidine rings is 1. The molecule has 2 amide bonds. The second kappa shape index (κ2) is 7.27. The number of hydrogen-bond donors (Lipinski definition) is 0. The van der Waals surface area contributed by atoms with E-state index in [1.54, 1.807) is 19.0 Å². The summed E-state index contributed by atoms with van der Waals surface area (Å²) in [5.74, 6) is 0.500. The molecule has 0 aromatic carbocycles. The van der Waals surface area contributed by atoms with E-state index in [4.69, 9.17) is 4.74 Å². The van der Waals surface area contributed by atoms with Gasteiger partial charge in [0.05, 0.1) is 12.7 Å². The van der Waals surface area contributed by atoms with Crippen LogP contribution in [0.4, 0.5) is 4.79 Å². The zero-order valence-electron chi connectivity index (χ0n) is 14.0. The Balaban J connectivity index is 1.59. The van der Waals surface area contributed by atoms with E-state index < -0.39 is 0 Å². The molecule has 0 spiro atoms. The van der Waals surface area contributed by atoms with Crippen LogP contribution in [0.1, 0.15) is 12.0 Å². The number of ether oxygens (including phenoxy) is 1. The van der Waals surface area contributed by atoms with E-state index in [0.29, 0.717) is 12.5 Å². The standard InChI is InChI=1S/C17H26N4O2/c1-19(2)17(22)21-7-5-15-12-20(8-9-23-16(15)13-21)11-14-4-3-6-18-10-14/h3-4,6,10,15-16H,5,7-9,11-13H2,1-2H3/t15-,16-/m1/s1. The van der Waals surface area contributed by atoms with Gasteiger partial charge in [-0.15, -0.1) is 0 Å². The second-order valence-electron chi connectivity index (χ2n) is 6.68. The van der Waals surface area contributed by atoms with Gasteiger partial charge in [0.1, 0.15) is 0 Å². The van der Waals surface area contributed by atoms with E-state index in [1.807, 2.05) is 23.4 Å². The first kappa shape index (κ1) is 16.2. The molecule has 0 aliphatic carbocycles. The monoisotopic (exact) mass is 318 g/mol. The van der Waals surface area contributed by atoms with Crippen molar-refractivity contribution in [3.8, 4) is 0 Å². The number of rotatable bonds is 2. The van der Waals surface area contributed by atoms with Crippen molar-refractivity contribution in [2.75, 3.05) is 46.9 Å². The summed E-state index contributed by atoms with van der Waals surface area (Å²) in [4.78, 5) is 22.3. The van der Waals surface area contributed by atoms with Crippen LogP contribution in [0, 0.1) is 5.92 Å². The molecule has 23 heavy (non-hydrogen) atoms. The number of likely N-dealkylation sites (tertiary alicyclic amines) is 1. The lowest BCUT2D eigenvalue weighted by atomic mass is 9.93. The number of amides is 2. The van der Waals surface area contributed by atoms with Crippen molar-refractivity contribution in [3.05, 3.63) is 30.1 Å². The Kier molecular flexibility index (Phi) is 5.13. The molecular weight excluding hydrogens is 292 g/mol. The summed E-state index contributed by atoms with van der Waals surface area (Å²) < 4.78 is 6.07.